The molecule has 2 aliphatic rings. The van der Waals surface area contributed by atoms with Gasteiger partial charge in [-0.25, -0.2) is 0 Å². The maximum Gasteiger partial charge on any atom is 0.175 e. The molecule has 2 aromatic carbocycles. The first-order valence-corrected chi connectivity index (χ1v) is 6.47. The standard InChI is InChI=1S/C18H12O/c19-18-13(12-6-2-1-3-7-12)10-11-16-14-8-4-5-9-15(14)17(16)18/h1-11,13H. The van der Waals surface area contributed by atoms with E-state index < -0.39 is 0 Å². The Bertz CT molecular complexity index is 735. The van der Waals surface area contributed by atoms with Gasteiger partial charge in [0.25, 0.3) is 0 Å². The molecule has 0 fully saturated rings. The summed E-state index contributed by atoms with van der Waals surface area (Å²) in [5.74, 6) is 0.0932. The summed E-state index contributed by atoms with van der Waals surface area (Å²) in [7, 11) is 0. The number of allylic oxidation sites excluding steroid dienone is 4. The van der Waals surface area contributed by atoms with E-state index in [9.17, 15) is 4.79 Å². The zero-order valence-corrected chi connectivity index (χ0v) is 10.3. The molecule has 0 radical (unpaired) electrons. The zero-order chi connectivity index (χ0) is 12.8. The molecule has 2 aliphatic carbocycles. The maximum absolute atomic E-state index is 12.6. The monoisotopic (exact) mass is 244 g/mol. The Kier molecular flexibility index (Phi) is 2.10. The molecule has 19 heavy (non-hydrogen) atoms. The van der Waals surface area contributed by atoms with E-state index in [1.165, 1.54) is 5.56 Å². The second-order valence-electron chi connectivity index (χ2n) is 4.95. The lowest BCUT2D eigenvalue weighted by molar-refractivity contribution is -0.114. The third-order valence-corrected chi connectivity index (χ3v) is 3.90. The predicted octanol–water partition coefficient (Wildman–Crippen LogP) is 3.83. The van der Waals surface area contributed by atoms with Crippen LogP contribution in [0.2, 0.25) is 0 Å². The number of carbonyl (C=O) groups excluding carboxylic acids is 1. The summed E-state index contributed by atoms with van der Waals surface area (Å²) in [6, 6.07) is 18.1. The molecule has 0 aliphatic heterocycles. The van der Waals surface area contributed by atoms with Crippen LogP contribution in [0, 0.1) is 0 Å². The Morgan fingerprint density at radius 3 is 2.26 bits per heavy atom. The van der Waals surface area contributed by atoms with Gasteiger partial charge in [-0.1, -0.05) is 66.7 Å². The van der Waals surface area contributed by atoms with Gasteiger partial charge in [-0.15, -0.1) is 0 Å². The molecule has 1 unspecified atom stereocenters. The second-order valence-corrected chi connectivity index (χ2v) is 4.95. The van der Waals surface area contributed by atoms with Crippen LogP contribution in [-0.2, 0) is 4.79 Å². The molecule has 1 nitrogen and oxygen atoms in total. The highest BCUT2D eigenvalue weighted by molar-refractivity contribution is 6.38. The van der Waals surface area contributed by atoms with Crippen LogP contribution in [0.25, 0.3) is 11.1 Å². The minimum atomic E-state index is -0.131. The van der Waals surface area contributed by atoms with E-state index in [1.807, 2.05) is 54.6 Å². The molecule has 0 saturated carbocycles. The van der Waals surface area contributed by atoms with Gasteiger partial charge in [-0.05, 0) is 22.3 Å². The molecule has 4 rings (SSSR count). The number of carbonyl (C=O) groups is 1. The molecule has 1 heteroatoms. The Labute approximate surface area is 111 Å². The topological polar surface area (TPSA) is 17.1 Å². The van der Waals surface area contributed by atoms with Crippen LogP contribution in [0.4, 0.5) is 0 Å². The van der Waals surface area contributed by atoms with Crippen molar-refractivity contribution in [1.29, 1.82) is 0 Å². The summed E-state index contributed by atoms with van der Waals surface area (Å²) >= 11 is 0. The summed E-state index contributed by atoms with van der Waals surface area (Å²) in [6.45, 7) is 0. The van der Waals surface area contributed by atoms with Crippen molar-refractivity contribution in [2.45, 2.75) is 5.92 Å². The van der Waals surface area contributed by atoms with Gasteiger partial charge in [0.1, 0.15) is 0 Å². The smallest absolute Gasteiger partial charge is 0.175 e. The van der Waals surface area contributed by atoms with Gasteiger partial charge in [0.15, 0.2) is 5.78 Å². The van der Waals surface area contributed by atoms with Crippen molar-refractivity contribution in [3.05, 3.63) is 83.4 Å². The highest BCUT2D eigenvalue weighted by Gasteiger charge is 2.35. The van der Waals surface area contributed by atoms with Crippen molar-refractivity contribution in [3.63, 3.8) is 0 Å². The third-order valence-electron chi connectivity index (χ3n) is 3.90. The normalized spacial score (nSPS) is 19.8. The number of Topliss-reactive ketones (excluding diaryl/α,β-unsaturated/α-hetero) is 1. The Hall–Kier alpha value is -2.41. The van der Waals surface area contributed by atoms with Crippen LogP contribution in [0.15, 0.2) is 66.7 Å². The molecule has 90 valence electrons. The Morgan fingerprint density at radius 2 is 1.47 bits per heavy atom. The van der Waals surface area contributed by atoms with Crippen LogP contribution >= 0.6 is 0 Å². The lowest BCUT2D eigenvalue weighted by atomic mass is 9.71. The maximum atomic E-state index is 12.6. The Balaban J connectivity index is 1.78. The molecule has 0 saturated heterocycles. The molecule has 0 bridgehead atoms. The fourth-order valence-electron chi connectivity index (χ4n) is 2.95. The summed E-state index contributed by atoms with van der Waals surface area (Å²) in [4.78, 5) is 12.6. The average Bonchev–Trinajstić information content (AvgIpc) is 2.45. The van der Waals surface area contributed by atoms with Gasteiger partial charge in [-0.2, -0.15) is 0 Å². The lowest BCUT2D eigenvalue weighted by Crippen LogP contribution is -2.22. The molecule has 0 N–H and O–H groups in total. The molecular formula is C18H12O. The van der Waals surface area contributed by atoms with Crippen molar-refractivity contribution < 1.29 is 4.79 Å². The van der Waals surface area contributed by atoms with Crippen molar-refractivity contribution >= 4 is 16.9 Å². The van der Waals surface area contributed by atoms with Gasteiger partial charge in [0, 0.05) is 5.57 Å². The minimum absolute atomic E-state index is 0.131. The summed E-state index contributed by atoms with van der Waals surface area (Å²) in [6.07, 6.45) is 4.11. The van der Waals surface area contributed by atoms with Crippen LogP contribution < -0.4 is 0 Å². The number of ketones is 1. The van der Waals surface area contributed by atoms with E-state index >= 15 is 0 Å². The Morgan fingerprint density at radius 1 is 0.789 bits per heavy atom. The highest BCUT2D eigenvalue weighted by Crippen LogP contribution is 2.47. The van der Waals surface area contributed by atoms with Crippen molar-refractivity contribution in [2.75, 3.05) is 0 Å². The number of benzene rings is 2. The first-order valence-electron chi connectivity index (χ1n) is 6.47. The van der Waals surface area contributed by atoms with Crippen molar-refractivity contribution in [1.82, 2.24) is 0 Å². The van der Waals surface area contributed by atoms with Crippen molar-refractivity contribution in [3.8, 4) is 0 Å². The molecule has 0 amide bonds. The summed E-state index contributed by atoms with van der Waals surface area (Å²) in [5, 5.41) is 0. The van der Waals surface area contributed by atoms with Crippen LogP contribution in [0.1, 0.15) is 22.6 Å². The molecule has 0 spiro atoms. The first-order chi connectivity index (χ1) is 9.36. The number of fused-ring (bicyclic) bond motifs is 3. The molecule has 0 aromatic heterocycles. The SMILES string of the molecule is O=C1C2=C(C=CC1c1ccccc1)c1ccccc12. The number of hydrogen-bond donors (Lipinski definition) is 0. The van der Waals surface area contributed by atoms with Crippen LogP contribution in [-0.4, -0.2) is 5.78 Å². The van der Waals surface area contributed by atoms with Gasteiger partial charge in [0.2, 0.25) is 0 Å². The molecule has 2 aromatic rings. The molecule has 0 heterocycles. The van der Waals surface area contributed by atoms with E-state index in [2.05, 4.69) is 12.1 Å². The quantitative estimate of drug-likeness (QED) is 0.745. The fourth-order valence-corrected chi connectivity index (χ4v) is 2.95. The molecule has 1 atom stereocenters. The van der Waals surface area contributed by atoms with E-state index in [0.717, 1.165) is 22.3 Å². The van der Waals surface area contributed by atoms with Gasteiger partial charge in [0.05, 0.1) is 5.92 Å². The van der Waals surface area contributed by atoms with Crippen LogP contribution in [0.5, 0.6) is 0 Å². The van der Waals surface area contributed by atoms with E-state index in [1.54, 1.807) is 0 Å². The first kappa shape index (κ1) is 10.5. The summed E-state index contributed by atoms with van der Waals surface area (Å²) < 4.78 is 0. The number of hydrogen-bond acceptors (Lipinski definition) is 1. The van der Waals surface area contributed by atoms with Gasteiger partial charge < -0.3 is 0 Å². The number of rotatable bonds is 1. The zero-order valence-electron chi connectivity index (χ0n) is 10.3. The molecular weight excluding hydrogens is 232 g/mol. The minimum Gasteiger partial charge on any atom is -0.293 e. The lowest BCUT2D eigenvalue weighted by Gasteiger charge is -2.30. The summed E-state index contributed by atoms with van der Waals surface area (Å²) in [5.41, 5.74) is 5.39. The van der Waals surface area contributed by atoms with E-state index in [0.29, 0.717) is 0 Å². The highest BCUT2D eigenvalue weighted by atomic mass is 16.1. The van der Waals surface area contributed by atoms with Gasteiger partial charge in [-0.3, -0.25) is 4.79 Å². The predicted molar refractivity (Wildman–Crippen MR) is 76.6 cm³/mol. The fraction of sp³-hybridized carbons (Fsp3) is 0.0556. The largest absolute Gasteiger partial charge is 0.293 e. The van der Waals surface area contributed by atoms with E-state index in [4.69, 9.17) is 0 Å². The van der Waals surface area contributed by atoms with Crippen LogP contribution in [0.3, 0.4) is 0 Å². The second kappa shape index (κ2) is 3.79. The van der Waals surface area contributed by atoms with Crippen molar-refractivity contribution in [2.24, 2.45) is 0 Å². The average molecular weight is 244 g/mol. The van der Waals surface area contributed by atoms with E-state index in [-0.39, 0.29) is 11.7 Å². The third kappa shape index (κ3) is 1.39. The van der Waals surface area contributed by atoms with Gasteiger partial charge >= 0.3 is 0 Å².